The van der Waals surface area contributed by atoms with Gasteiger partial charge in [-0.3, -0.25) is 4.79 Å². The van der Waals surface area contributed by atoms with Crippen LogP contribution in [0.15, 0.2) is 18.2 Å². The SMILES string of the molecule is COc1ccc(NC(=O)NC2CCN(C(C)=O)CC2)cc1OC. The van der Waals surface area contributed by atoms with Crippen molar-refractivity contribution in [3.05, 3.63) is 18.2 Å². The lowest BCUT2D eigenvalue weighted by molar-refractivity contribution is -0.129. The highest BCUT2D eigenvalue weighted by atomic mass is 16.5. The van der Waals surface area contributed by atoms with E-state index in [4.69, 9.17) is 9.47 Å². The van der Waals surface area contributed by atoms with Gasteiger partial charge in [0.25, 0.3) is 0 Å². The number of hydrogen-bond acceptors (Lipinski definition) is 4. The zero-order chi connectivity index (χ0) is 16.8. The van der Waals surface area contributed by atoms with Gasteiger partial charge in [0.2, 0.25) is 5.91 Å². The van der Waals surface area contributed by atoms with Gasteiger partial charge in [-0.25, -0.2) is 4.79 Å². The molecule has 2 rings (SSSR count). The summed E-state index contributed by atoms with van der Waals surface area (Å²) in [5.74, 6) is 1.24. The fraction of sp³-hybridized carbons (Fsp3) is 0.500. The molecule has 0 aromatic heterocycles. The van der Waals surface area contributed by atoms with Gasteiger partial charge in [-0.15, -0.1) is 0 Å². The second kappa shape index (κ2) is 7.71. The van der Waals surface area contributed by atoms with Crippen LogP contribution in [0.5, 0.6) is 11.5 Å². The van der Waals surface area contributed by atoms with Gasteiger partial charge in [0.15, 0.2) is 11.5 Å². The van der Waals surface area contributed by atoms with Crippen LogP contribution >= 0.6 is 0 Å². The van der Waals surface area contributed by atoms with Crippen LogP contribution in [0.4, 0.5) is 10.5 Å². The van der Waals surface area contributed by atoms with E-state index >= 15 is 0 Å². The largest absolute Gasteiger partial charge is 0.493 e. The Morgan fingerprint density at radius 1 is 1.13 bits per heavy atom. The van der Waals surface area contributed by atoms with Crippen LogP contribution in [0, 0.1) is 0 Å². The molecule has 0 spiro atoms. The Labute approximate surface area is 135 Å². The molecule has 0 atom stereocenters. The molecule has 7 heteroatoms. The van der Waals surface area contributed by atoms with Gasteiger partial charge in [-0.05, 0) is 25.0 Å². The van der Waals surface area contributed by atoms with E-state index in [-0.39, 0.29) is 18.0 Å². The van der Waals surface area contributed by atoms with E-state index in [1.807, 2.05) is 0 Å². The van der Waals surface area contributed by atoms with Crippen molar-refractivity contribution in [1.82, 2.24) is 10.2 Å². The maximum absolute atomic E-state index is 12.1. The van der Waals surface area contributed by atoms with Crippen LogP contribution in [0.1, 0.15) is 19.8 Å². The first kappa shape index (κ1) is 16.9. The molecule has 126 valence electrons. The van der Waals surface area contributed by atoms with Crippen molar-refractivity contribution in [2.24, 2.45) is 0 Å². The lowest BCUT2D eigenvalue weighted by Crippen LogP contribution is -2.47. The van der Waals surface area contributed by atoms with Crippen molar-refractivity contribution in [3.63, 3.8) is 0 Å². The average molecular weight is 321 g/mol. The maximum atomic E-state index is 12.1. The molecule has 1 aromatic carbocycles. The minimum Gasteiger partial charge on any atom is -0.493 e. The number of nitrogens with zero attached hydrogens (tertiary/aromatic N) is 1. The second-order valence-corrected chi connectivity index (χ2v) is 5.45. The first-order valence-electron chi connectivity index (χ1n) is 7.58. The highest BCUT2D eigenvalue weighted by Crippen LogP contribution is 2.29. The summed E-state index contributed by atoms with van der Waals surface area (Å²) in [5.41, 5.74) is 0.626. The normalized spacial score (nSPS) is 15.0. The van der Waals surface area contributed by atoms with E-state index in [2.05, 4.69) is 10.6 Å². The Hall–Kier alpha value is -2.44. The minimum atomic E-state index is -0.265. The van der Waals surface area contributed by atoms with E-state index in [1.54, 1.807) is 44.2 Å². The van der Waals surface area contributed by atoms with Gasteiger partial charge >= 0.3 is 6.03 Å². The van der Waals surface area contributed by atoms with E-state index in [0.717, 1.165) is 12.8 Å². The fourth-order valence-corrected chi connectivity index (χ4v) is 2.61. The summed E-state index contributed by atoms with van der Waals surface area (Å²) >= 11 is 0. The third kappa shape index (κ3) is 4.51. The molecule has 2 N–H and O–H groups in total. The van der Waals surface area contributed by atoms with Gasteiger partial charge in [0.05, 0.1) is 14.2 Å². The predicted octanol–water partition coefficient (Wildman–Crippen LogP) is 1.84. The molecule has 0 saturated carbocycles. The fourth-order valence-electron chi connectivity index (χ4n) is 2.61. The number of piperidine rings is 1. The van der Waals surface area contributed by atoms with Crippen LogP contribution in [0.2, 0.25) is 0 Å². The molecule has 1 saturated heterocycles. The van der Waals surface area contributed by atoms with Gasteiger partial charge in [0.1, 0.15) is 0 Å². The first-order chi connectivity index (χ1) is 11.0. The number of benzene rings is 1. The maximum Gasteiger partial charge on any atom is 0.319 e. The molecule has 0 bridgehead atoms. The quantitative estimate of drug-likeness (QED) is 0.887. The Morgan fingerprint density at radius 2 is 1.78 bits per heavy atom. The number of hydrogen-bond donors (Lipinski definition) is 2. The summed E-state index contributed by atoms with van der Waals surface area (Å²) in [7, 11) is 3.11. The summed E-state index contributed by atoms with van der Waals surface area (Å²) in [6, 6.07) is 5.00. The van der Waals surface area contributed by atoms with Crippen molar-refractivity contribution in [1.29, 1.82) is 0 Å². The van der Waals surface area contributed by atoms with Crippen LogP contribution < -0.4 is 20.1 Å². The van der Waals surface area contributed by atoms with E-state index in [1.165, 1.54) is 0 Å². The summed E-state index contributed by atoms with van der Waals surface area (Å²) in [6.45, 7) is 2.92. The third-order valence-corrected chi connectivity index (χ3v) is 3.92. The Balaban J connectivity index is 1.87. The van der Waals surface area contributed by atoms with Crippen molar-refractivity contribution in [2.45, 2.75) is 25.8 Å². The number of nitrogens with one attached hydrogen (secondary N) is 2. The molecule has 0 radical (unpaired) electrons. The number of rotatable bonds is 4. The number of amides is 3. The van der Waals surface area contributed by atoms with Crippen LogP contribution in [-0.2, 0) is 4.79 Å². The molecule has 1 fully saturated rings. The van der Waals surface area contributed by atoms with E-state index < -0.39 is 0 Å². The molecule has 1 aliphatic heterocycles. The predicted molar refractivity (Wildman–Crippen MR) is 87.0 cm³/mol. The molecule has 1 aliphatic rings. The summed E-state index contributed by atoms with van der Waals surface area (Å²) in [4.78, 5) is 25.2. The second-order valence-electron chi connectivity index (χ2n) is 5.45. The molecule has 1 aromatic rings. The lowest BCUT2D eigenvalue weighted by atomic mass is 10.1. The molecular formula is C16H23N3O4. The molecule has 1 heterocycles. The number of anilines is 1. The molecule has 3 amide bonds. The van der Waals surface area contributed by atoms with Crippen LogP contribution in [-0.4, -0.2) is 50.2 Å². The number of methoxy groups -OCH3 is 2. The summed E-state index contributed by atoms with van der Waals surface area (Å²) < 4.78 is 10.4. The molecular weight excluding hydrogens is 298 g/mol. The van der Waals surface area contributed by atoms with Crippen molar-refractivity contribution < 1.29 is 19.1 Å². The van der Waals surface area contributed by atoms with E-state index in [0.29, 0.717) is 30.3 Å². The average Bonchev–Trinajstić information content (AvgIpc) is 2.55. The Bertz CT molecular complexity index is 568. The number of likely N-dealkylation sites (tertiary alicyclic amines) is 1. The highest BCUT2D eigenvalue weighted by Gasteiger charge is 2.22. The van der Waals surface area contributed by atoms with Crippen LogP contribution in [0.25, 0.3) is 0 Å². The van der Waals surface area contributed by atoms with Crippen LogP contribution in [0.3, 0.4) is 0 Å². The molecule has 0 aliphatic carbocycles. The monoisotopic (exact) mass is 321 g/mol. The minimum absolute atomic E-state index is 0.0748. The molecule has 0 unspecified atom stereocenters. The number of urea groups is 1. The number of carbonyl (C=O) groups is 2. The highest BCUT2D eigenvalue weighted by molar-refractivity contribution is 5.89. The number of ether oxygens (including phenoxy) is 2. The zero-order valence-electron chi connectivity index (χ0n) is 13.7. The third-order valence-electron chi connectivity index (χ3n) is 3.92. The van der Waals surface area contributed by atoms with Crippen molar-refractivity contribution in [3.8, 4) is 11.5 Å². The van der Waals surface area contributed by atoms with E-state index in [9.17, 15) is 9.59 Å². The van der Waals surface area contributed by atoms with Crippen molar-refractivity contribution in [2.75, 3.05) is 32.6 Å². The Kier molecular flexibility index (Phi) is 5.67. The van der Waals surface area contributed by atoms with Crippen molar-refractivity contribution >= 4 is 17.6 Å². The summed E-state index contributed by atoms with van der Waals surface area (Å²) in [5, 5.41) is 5.72. The van der Waals surface area contributed by atoms with Gasteiger partial charge in [0, 0.05) is 37.8 Å². The molecule has 23 heavy (non-hydrogen) atoms. The lowest BCUT2D eigenvalue weighted by Gasteiger charge is -2.31. The zero-order valence-corrected chi connectivity index (χ0v) is 13.7. The topological polar surface area (TPSA) is 79.9 Å². The first-order valence-corrected chi connectivity index (χ1v) is 7.58. The van der Waals surface area contributed by atoms with Gasteiger partial charge < -0.3 is 25.0 Å². The van der Waals surface area contributed by atoms with Gasteiger partial charge in [-0.2, -0.15) is 0 Å². The van der Waals surface area contributed by atoms with Gasteiger partial charge in [-0.1, -0.05) is 0 Å². The Morgan fingerprint density at radius 3 is 2.35 bits per heavy atom. The number of carbonyl (C=O) groups excluding carboxylic acids is 2. The smallest absolute Gasteiger partial charge is 0.319 e. The molecule has 7 nitrogen and oxygen atoms in total. The summed E-state index contributed by atoms with van der Waals surface area (Å²) in [6.07, 6.45) is 1.53. The standard InChI is InChI=1S/C16H23N3O4/c1-11(20)19-8-6-12(7-9-19)17-16(21)18-13-4-5-14(22-2)15(10-13)23-3/h4-5,10,12H,6-9H2,1-3H3,(H2,17,18,21).